The first-order valence-electron chi connectivity index (χ1n) is 7.68. The van der Waals surface area contributed by atoms with E-state index in [-0.39, 0.29) is 40.2 Å². The van der Waals surface area contributed by atoms with E-state index in [1.807, 2.05) is 0 Å². The third kappa shape index (κ3) is 6.03. The van der Waals surface area contributed by atoms with Gasteiger partial charge < -0.3 is 15.0 Å². The second kappa shape index (κ2) is 9.08. The summed E-state index contributed by atoms with van der Waals surface area (Å²) in [6.45, 7) is 1.29. The molecule has 27 heavy (non-hydrogen) atoms. The number of anilines is 1. The SMILES string of the molecule is COC(=O)Cc1cc(=O)[nH]c(SCC(=O)c2ccc(NC(C)=O)cc2F)n1. The molecule has 2 rings (SSSR count). The van der Waals surface area contributed by atoms with Crippen LogP contribution >= 0.6 is 11.8 Å². The first-order chi connectivity index (χ1) is 12.8. The number of methoxy groups -OCH3 is 1. The molecule has 0 bridgehead atoms. The van der Waals surface area contributed by atoms with E-state index in [0.717, 1.165) is 23.9 Å². The fraction of sp³-hybridized carbons (Fsp3) is 0.235. The third-order valence-electron chi connectivity index (χ3n) is 3.26. The maximum atomic E-state index is 14.1. The summed E-state index contributed by atoms with van der Waals surface area (Å²) in [6, 6.07) is 4.90. The minimum atomic E-state index is -0.771. The van der Waals surface area contributed by atoms with Gasteiger partial charge in [0.1, 0.15) is 5.82 Å². The van der Waals surface area contributed by atoms with E-state index in [9.17, 15) is 23.6 Å². The van der Waals surface area contributed by atoms with Crippen molar-refractivity contribution in [2.45, 2.75) is 18.5 Å². The number of thioether (sulfide) groups is 1. The third-order valence-corrected chi connectivity index (χ3v) is 4.13. The van der Waals surface area contributed by atoms with Crippen LogP contribution in [0.5, 0.6) is 0 Å². The second-order valence-electron chi connectivity index (χ2n) is 5.38. The molecule has 0 aliphatic heterocycles. The number of ether oxygens (including phenoxy) is 1. The normalized spacial score (nSPS) is 10.3. The topological polar surface area (TPSA) is 118 Å². The van der Waals surface area contributed by atoms with Crippen LogP contribution in [-0.4, -0.2) is 40.5 Å². The summed E-state index contributed by atoms with van der Waals surface area (Å²) in [5, 5.41) is 2.55. The Morgan fingerprint density at radius 1 is 1.30 bits per heavy atom. The summed E-state index contributed by atoms with van der Waals surface area (Å²) in [7, 11) is 1.22. The number of carbonyl (C=O) groups excluding carboxylic acids is 3. The number of hydrogen-bond acceptors (Lipinski definition) is 7. The summed E-state index contributed by atoms with van der Waals surface area (Å²) >= 11 is 0.905. The van der Waals surface area contributed by atoms with E-state index in [0.29, 0.717) is 0 Å². The number of esters is 1. The van der Waals surface area contributed by atoms with Gasteiger partial charge in [-0.3, -0.25) is 19.2 Å². The van der Waals surface area contributed by atoms with Crippen molar-refractivity contribution in [1.82, 2.24) is 9.97 Å². The lowest BCUT2D eigenvalue weighted by molar-refractivity contribution is -0.139. The van der Waals surface area contributed by atoms with Gasteiger partial charge in [0.2, 0.25) is 5.91 Å². The molecule has 2 N–H and O–H groups in total. The number of carbonyl (C=O) groups is 3. The monoisotopic (exact) mass is 393 g/mol. The molecule has 8 nitrogen and oxygen atoms in total. The minimum absolute atomic E-state index is 0.130. The smallest absolute Gasteiger partial charge is 0.311 e. The van der Waals surface area contributed by atoms with Crippen molar-refractivity contribution in [3.63, 3.8) is 0 Å². The molecule has 0 saturated heterocycles. The lowest BCUT2D eigenvalue weighted by Gasteiger charge is -2.06. The van der Waals surface area contributed by atoms with Crippen molar-refractivity contribution in [3.8, 4) is 0 Å². The van der Waals surface area contributed by atoms with Crippen LogP contribution in [0.2, 0.25) is 0 Å². The van der Waals surface area contributed by atoms with Gasteiger partial charge in [-0.25, -0.2) is 9.37 Å². The van der Waals surface area contributed by atoms with Crippen LogP contribution < -0.4 is 10.9 Å². The Bertz CT molecular complexity index is 944. The summed E-state index contributed by atoms with van der Waals surface area (Å²) < 4.78 is 18.6. The highest BCUT2D eigenvalue weighted by Crippen LogP contribution is 2.19. The number of H-pyrrole nitrogens is 1. The maximum Gasteiger partial charge on any atom is 0.311 e. The molecule has 0 fully saturated rings. The number of amides is 1. The number of halogens is 1. The Balaban J connectivity index is 2.08. The van der Waals surface area contributed by atoms with Gasteiger partial charge in [0.15, 0.2) is 10.9 Å². The molecule has 142 valence electrons. The zero-order chi connectivity index (χ0) is 20.0. The Hall–Kier alpha value is -3.01. The predicted molar refractivity (Wildman–Crippen MR) is 96.3 cm³/mol. The summed E-state index contributed by atoms with van der Waals surface area (Å²) in [5.41, 5.74) is -0.188. The minimum Gasteiger partial charge on any atom is -0.469 e. The standard InChI is InChI=1S/C17H16FN3O5S/c1-9(22)19-10-3-4-12(13(18)5-10)14(23)8-27-17-20-11(6-15(24)21-17)7-16(25)26-2/h3-6H,7-8H2,1-2H3,(H,19,22)(H,20,21,24). The molecule has 0 atom stereocenters. The predicted octanol–water partition coefficient (Wildman–Crippen LogP) is 1.56. The van der Waals surface area contributed by atoms with Crippen molar-refractivity contribution < 1.29 is 23.5 Å². The van der Waals surface area contributed by atoms with Crippen LogP contribution in [0.1, 0.15) is 23.0 Å². The van der Waals surface area contributed by atoms with Crippen LogP contribution in [0.15, 0.2) is 34.2 Å². The van der Waals surface area contributed by atoms with Gasteiger partial charge in [-0.2, -0.15) is 0 Å². The Morgan fingerprint density at radius 2 is 2.04 bits per heavy atom. The van der Waals surface area contributed by atoms with Gasteiger partial charge in [0, 0.05) is 18.7 Å². The van der Waals surface area contributed by atoms with Crippen molar-refractivity contribution in [2.75, 3.05) is 18.2 Å². The molecule has 0 unspecified atom stereocenters. The van der Waals surface area contributed by atoms with Crippen LogP contribution in [0.3, 0.4) is 0 Å². The van der Waals surface area contributed by atoms with Gasteiger partial charge in [-0.1, -0.05) is 11.8 Å². The molecule has 1 aromatic carbocycles. The molecule has 0 aliphatic carbocycles. The summed E-state index contributed by atoms with van der Waals surface area (Å²) in [6.07, 6.45) is -0.179. The number of rotatable bonds is 7. The van der Waals surface area contributed by atoms with Gasteiger partial charge in [0.25, 0.3) is 5.56 Å². The number of ketones is 1. The van der Waals surface area contributed by atoms with Crippen LogP contribution in [0.4, 0.5) is 10.1 Å². The molecule has 2 aromatic rings. The average molecular weight is 393 g/mol. The van der Waals surface area contributed by atoms with E-state index >= 15 is 0 Å². The van der Waals surface area contributed by atoms with Crippen molar-refractivity contribution in [1.29, 1.82) is 0 Å². The quantitative estimate of drug-likeness (QED) is 0.317. The van der Waals surface area contributed by atoms with E-state index in [2.05, 4.69) is 20.0 Å². The highest BCUT2D eigenvalue weighted by molar-refractivity contribution is 7.99. The summed E-state index contributed by atoms with van der Waals surface area (Å²) in [5.74, 6) is -2.38. The average Bonchev–Trinajstić information content (AvgIpc) is 2.58. The fourth-order valence-electron chi connectivity index (χ4n) is 2.10. The Kier molecular flexibility index (Phi) is 6.83. The van der Waals surface area contributed by atoms with Crippen LogP contribution in [0.25, 0.3) is 0 Å². The highest BCUT2D eigenvalue weighted by atomic mass is 32.2. The van der Waals surface area contributed by atoms with Crippen molar-refractivity contribution >= 4 is 35.1 Å². The number of nitrogens with one attached hydrogen (secondary N) is 2. The molecular weight excluding hydrogens is 377 g/mol. The Morgan fingerprint density at radius 3 is 2.67 bits per heavy atom. The zero-order valence-electron chi connectivity index (χ0n) is 14.5. The highest BCUT2D eigenvalue weighted by Gasteiger charge is 2.15. The molecule has 10 heteroatoms. The summed E-state index contributed by atoms with van der Waals surface area (Å²) in [4.78, 5) is 52.6. The van der Waals surface area contributed by atoms with Gasteiger partial charge >= 0.3 is 5.97 Å². The number of nitrogens with zero attached hydrogens (tertiary/aromatic N) is 1. The fourth-order valence-corrected chi connectivity index (χ4v) is 2.87. The number of aromatic nitrogens is 2. The number of benzene rings is 1. The van der Waals surface area contributed by atoms with Gasteiger partial charge in [-0.05, 0) is 18.2 Å². The van der Waals surface area contributed by atoms with E-state index in [4.69, 9.17) is 0 Å². The number of Topliss-reactive ketones (excluding diaryl/α,β-unsaturated/α-hetero) is 1. The van der Waals surface area contributed by atoms with Crippen LogP contribution in [0, 0.1) is 5.82 Å². The molecule has 1 amide bonds. The van der Waals surface area contributed by atoms with E-state index < -0.39 is 23.1 Å². The van der Waals surface area contributed by atoms with Crippen molar-refractivity contribution in [3.05, 3.63) is 51.7 Å². The molecule has 0 spiro atoms. The molecule has 0 aliphatic rings. The lowest BCUT2D eigenvalue weighted by Crippen LogP contribution is -2.15. The number of hydrogen-bond donors (Lipinski definition) is 2. The van der Waals surface area contributed by atoms with Crippen LogP contribution in [-0.2, 0) is 20.7 Å². The second-order valence-corrected chi connectivity index (χ2v) is 6.35. The van der Waals surface area contributed by atoms with E-state index in [1.54, 1.807) is 0 Å². The maximum absolute atomic E-state index is 14.1. The number of aromatic amines is 1. The molecule has 0 saturated carbocycles. The zero-order valence-corrected chi connectivity index (χ0v) is 15.3. The molecular formula is C17H16FN3O5S. The van der Waals surface area contributed by atoms with E-state index in [1.165, 1.54) is 26.2 Å². The Labute approximate surface area is 157 Å². The van der Waals surface area contributed by atoms with Gasteiger partial charge in [0.05, 0.1) is 30.5 Å². The first-order valence-corrected chi connectivity index (χ1v) is 8.67. The largest absolute Gasteiger partial charge is 0.469 e. The molecule has 0 radical (unpaired) electrons. The molecule has 1 aromatic heterocycles. The lowest BCUT2D eigenvalue weighted by atomic mass is 10.1. The van der Waals surface area contributed by atoms with Gasteiger partial charge in [-0.15, -0.1) is 0 Å². The first kappa shape index (κ1) is 20.3. The molecule has 1 heterocycles. The van der Waals surface area contributed by atoms with Crippen molar-refractivity contribution in [2.24, 2.45) is 0 Å².